The lowest BCUT2D eigenvalue weighted by molar-refractivity contribution is 1.20. The second-order valence-corrected chi connectivity index (χ2v) is 2.46. The van der Waals surface area contributed by atoms with Crippen LogP contribution in [0.3, 0.4) is 0 Å². The lowest BCUT2D eigenvalue weighted by atomic mass is 9.98. The van der Waals surface area contributed by atoms with Crippen molar-refractivity contribution in [2.75, 3.05) is 0 Å². The van der Waals surface area contributed by atoms with Gasteiger partial charge in [-0.15, -0.1) is 0 Å². The van der Waals surface area contributed by atoms with Gasteiger partial charge in [-0.2, -0.15) is 10.5 Å². The Bertz CT molecular complexity index is 610. The standard InChI is InChI=1S/C7N10/c8-1-3-5(14-16-11)4(2-9)7(15-17-12)13-6(3)10. The topological polar surface area (TPSA) is 180 Å². The van der Waals surface area contributed by atoms with Crippen LogP contribution in [-0.4, -0.2) is 11.7 Å². The molecule has 0 aromatic carbocycles. The van der Waals surface area contributed by atoms with Crippen LogP contribution in [0.5, 0.6) is 0 Å². The minimum absolute atomic E-state index is 0.380. The molecule has 0 spiro atoms. The van der Waals surface area contributed by atoms with Gasteiger partial charge in [0.2, 0.25) is 23.4 Å². The highest BCUT2D eigenvalue weighted by Gasteiger charge is 2.34. The van der Waals surface area contributed by atoms with Crippen molar-refractivity contribution in [1.29, 1.82) is 10.5 Å². The number of nitriles is 2. The summed E-state index contributed by atoms with van der Waals surface area (Å²) in [6.07, 6.45) is 0. The number of azide groups is 2. The van der Waals surface area contributed by atoms with Gasteiger partial charge >= 0.3 is 0 Å². The van der Waals surface area contributed by atoms with Crippen molar-refractivity contribution in [2.45, 2.75) is 0 Å². The van der Waals surface area contributed by atoms with Crippen molar-refractivity contribution in [2.24, 2.45) is 15.2 Å². The van der Waals surface area contributed by atoms with Gasteiger partial charge in [-0.25, -0.2) is 0 Å². The summed E-state index contributed by atoms with van der Waals surface area (Å²) in [7, 11) is 0. The SMILES string of the molecule is N#CC1=C(N=[N+]=[N-])[C+](C#N)C(=[N-])N=C1N=[N+]=[N-]. The van der Waals surface area contributed by atoms with Crippen molar-refractivity contribution in [3.8, 4) is 12.1 Å². The molecule has 0 saturated heterocycles. The highest BCUT2D eigenvalue weighted by Crippen LogP contribution is 2.26. The number of hydrogen-bond donors (Lipinski definition) is 0. The molecule has 0 bridgehead atoms. The summed E-state index contributed by atoms with van der Waals surface area (Å²) >= 11 is 0. The molecule has 10 heteroatoms. The van der Waals surface area contributed by atoms with E-state index in [1.54, 1.807) is 6.07 Å². The van der Waals surface area contributed by atoms with E-state index in [1.165, 1.54) is 6.07 Å². The first-order chi connectivity index (χ1) is 8.19. The van der Waals surface area contributed by atoms with Crippen LogP contribution in [0.2, 0.25) is 0 Å². The van der Waals surface area contributed by atoms with Crippen molar-refractivity contribution in [3.05, 3.63) is 43.5 Å². The van der Waals surface area contributed by atoms with Crippen LogP contribution in [0.1, 0.15) is 0 Å². The summed E-state index contributed by atoms with van der Waals surface area (Å²) in [4.78, 5) is 8.16. The van der Waals surface area contributed by atoms with E-state index in [-0.39, 0.29) is 5.57 Å². The molecule has 0 saturated carbocycles. The summed E-state index contributed by atoms with van der Waals surface area (Å²) in [5.74, 6) is -1.71. The first-order valence-corrected chi connectivity index (χ1v) is 3.87. The van der Waals surface area contributed by atoms with Gasteiger partial charge in [0, 0.05) is 9.82 Å². The molecule has 0 amide bonds. The Labute approximate surface area is 93.9 Å². The highest BCUT2D eigenvalue weighted by atomic mass is 15.2. The molecule has 0 aromatic rings. The maximum atomic E-state index is 9.34. The molecule has 0 unspecified atom stereocenters. The van der Waals surface area contributed by atoms with Gasteiger partial charge in [0.25, 0.3) is 0 Å². The zero-order valence-electron chi connectivity index (χ0n) is 7.97. The fourth-order valence-corrected chi connectivity index (χ4v) is 1.01. The summed E-state index contributed by atoms with van der Waals surface area (Å²) in [6.45, 7) is 0. The van der Waals surface area contributed by atoms with Crippen LogP contribution in [-0.2, 0) is 0 Å². The molecule has 1 heterocycles. The Kier molecular flexibility index (Phi) is 3.33. The molecule has 78 valence electrons. The summed E-state index contributed by atoms with van der Waals surface area (Å²) in [5.41, 5.74) is 15.7. The molecule has 17 heavy (non-hydrogen) atoms. The highest BCUT2D eigenvalue weighted by molar-refractivity contribution is 6.20. The first-order valence-electron chi connectivity index (χ1n) is 3.87. The van der Waals surface area contributed by atoms with Crippen molar-refractivity contribution >= 4 is 11.7 Å². The van der Waals surface area contributed by atoms with E-state index in [0.29, 0.717) is 0 Å². The Hall–Kier alpha value is -3.45. The van der Waals surface area contributed by atoms with Gasteiger partial charge < -0.3 is 10.4 Å². The van der Waals surface area contributed by atoms with E-state index in [4.69, 9.17) is 21.6 Å². The van der Waals surface area contributed by atoms with Gasteiger partial charge in [0.1, 0.15) is 5.84 Å². The third kappa shape index (κ3) is 1.98. The summed E-state index contributed by atoms with van der Waals surface area (Å²) in [5, 5.41) is 33.0. The normalized spacial score (nSPS) is 13.9. The van der Waals surface area contributed by atoms with Gasteiger partial charge in [-0.3, -0.25) is 0 Å². The number of nitrogens with zero attached hydrogens (tertiary/aromatic N) is 10. The van der Waals surface area contributed by atoms with Crippen molar-refractivity contribution in [3.63, 3.8) is 0 Å². The minimum Gasteiger partial charge on any atom is -0.444 e. The molecular formula is C7N10. The van der Waals surface area contributed by atoms with E-state index < -0.39 is 23.3 Å². The number of rotatable bonds is 1. The molecule has 0 N–H and O–H groups in total. The molecule has 0 fully saturated rings. The van der Waals surface area contributed by atoms with Gasteiger partial charge in [0.05, 0.1) is 5.84 Å². The third-order valence-corrected chi connectivity index (χ3v) is 1.64. The van der Waals surface area contributed by atoms with E-state index in [1.807, 2.05) is 0 Å². The van der Waals surface area contributed by atoms with E-state index in [0.717, 1.165) is 0 Å². The van der Waals surface area contributed by atoms with Crippen LogP contribution >= 0.6 is 0 Å². The van der Waals surface area contributed by atoms with Crippen LogP contribution in [0.4, 0.5) is 0 Å². The maximum absolute atomic E-state index is 9.34. The Morgan fingerprint density at radius 1 is 1.24 bits per heavy atom. The number of dihydropyridines is 1. The molecule has 0 aromatic heterocycles. The number of amidine groups is 2. The predicted octanol–water partition coefficient (Wildman–Crippen LogP) is 1.86. The zero-order valence-corrected chi connectivity index (χ0v) is 7.97. The van der Waals surface area contributed by atoms with Crippen LogP contribution < -0.4 is 0 Å². The van der Waals surface area contributed by atoms with Gasteiger partial charge in [-0.1, -0.05) is 0 Å². The molecule has 10 nitrogen and oxygen atoms in total. The molecule has 1 aliphatic rings. The van der Waals surface area contributed by atoms with E-state index in [9.17, 15) is 5.41 Å². The van der Waals surface area contributed by atoms with Crippen LogP contribution in [0, 0.1) is 28.6 Å². The predicted molar refractivity (Wildman–Crippen MR) is 55.6 cm³/mol. The number of hydrogen-bond acceptors (Lipinski definition) is 4. The average molecular weight is 224 g/mol. The number of aliphatic imine (C=N–C) groups is 1. The third-order valence-electron chi connectivity index (χ3n) is 1.64. The molecule has 1 rings (SSSR count). The maximum Gasteiger partial charge on any atom is 0.236 e. The second kappa shape index (κ2) is 4.87. The second-order valence-electron chi connectivity index (χ2n) is 2.46. The summed E-state index contributed by atoms with van der Waals surface area (Å²) in [6, 6.07) is 3.11. The fraction of sp³-hybridized carbons (Fsp3) is 0. The first kappa shape index (κ1) is 11.6. The Morgan fingerprint density at radius 3 is 2.35 bits per heavy atom. The smallest absolute Gasteiger partial charge is 0.236 e. The van der Waals surface area contributed by atoms with Crippen molar-refractivity contribution in [1.82, 2.24) is 0 Å². The van der Waals surface area contributed by atoms with Gasteiger partial charge in [0.15, 0.2) is 5.92 Å². The minimum atomic E-state index is -0.781. The Balaban J connectivity index is 3.58. The van der Waals surface area contributed by atoms with Crippen LogP contribution in [0.15, 0.2) is 26.5 Å². The van der Waals surface area contributed by atoms with Gasteiger partial charge in [-0.05, 0) is 21.3 Å². The quantitative estimate of drug-likeness (QED) is 0.285. The monoisotopic (exact) mass is 224 g/mol. The largest absolute Gasteiger partial charge is 0.444 e. The lowest BCUT2D eigenvalue weighted by Gasteiger charge is -2.13. The Morgan fingerprint density at radius 2 is 1.88 bits per heavy atom. The van der Waals surface area contributed by atoms with Crippen molar-refractivity contribution < 1.29 is 0 Å². The summed E-state index contributed by atoms with van der Waals surface area (Å²) < 4.78 is 0. The van der Waals surface area contributed by atoms with Crippen LogP contribution in [0.25, 0.3) is 26.3 Å². The molecule has 0 radical (unpaired) electrons. The van der Waals surface area contributed by atoms with E-state index in [2.05, 4.69) is 25.0 Å². The van der Waals surface area contributed by atoms with E-state index >= 15 is 0 Å². The molecular weight excluding hydrogens is 224 g/mol. The lowest BCUT2D eigenvalue weighted by Crippen LogP contribution is -2.19. The molecule has 1 aliphatic heterocycles. The zero-order chi connectivity index (χ0) is 12.8. The molecule has 0 aliphatic carbocycles. The molecule has 0 atom stereocenters. The fourth-order valence-electron chi connectivity index (χ4n) is 1.01. The average Bonchev–Trinajstić information content (AvgIpc) is 2.30.